The third kappa shape index (κ3) is 2.44. The Balaban J connectivity index is 2.00. The largest absolute Gasteiger partial charge is 0.252 e. The van der Waals surface area contributed by atoms with Gasteiger partial charge in [-0.25, -0.2) is 0 Å². The molecule has 0 fully saturated rings. The fraction of sp³-hybridized carbons (Fsp3) is 0.211. The summed E-state index contributed by atoms with van der Waals surface area (Å²) in [7, 11) is 0. The molecule has 2 aromatic rings. The molecule has 0 saturated heterocycles. The summed E-state index contributed by atoms with van der Waals surface area (Å²) in [6.45, 7) is 8.31. The highest BCUT2D eigenvalue weighted by Gasteiger charge is 2.23. The van der Waals surface area contributed by atoms with Crippen LogP contribution in [0.2, 0.25) is 0 Å². The van der Waals surface area contributed by atoms with Crippen molar-refractivity contribution in [3.63, 3.8) is 0 Å². The van der Waals surface area contributed by atoms with E-state index in [2.05, 4.69) is 62.9 Å². The molecular weight excluding hydrogens is 242 g/mol. The van der Waals surface area contributed by atoms with E-state index in [0.29, 0.717) is 11.8 Å². The minimum Gasteiger partial charge on any atom is -0.252 e. The zero-order valence-electron chi connectivity index (χ0n) is 12.0. The first-order valence-electron chi connectivity index (χ1n) is 7.10. The molecule has 20 heavy (non-hydrogen) atoms. The summed E-state index contributed by atoms with van der Waals surface area (Å²) in [6, 6.07) is 14.8. The molecule has 1 aromatic heterocycles. The molecule has 1 heteroatoms. The lowest BCUT2D eigenvalue weighted by molar-refractivity contribution is 0.866. The fourth-order valence-electron chi connectivity index (χ4n) is 2.51. The van der Waals surface area contributed by atoms with Crippen LogP contribution in [0.25, 0.3) is 11.6 Å². The normalized spacial score (nSPS) is 18.3. The first-order valence-corrected chi connectivity index (χ1v) is 7.10. The van der Waals surface area contributed by atoms with Gasteiger partial charge in [0.1, 0.15) is 0 Å². The number of aromatic nitrogens is 1. The molecule has 0 amide bonds. The van der Waals surface area contributed by atoms with E-state index in [1.165, 1.54) is 11.1 Å². The zero-order chi connectivity index (χ0) is 14.1. The van der Waals surface area contributed by atoms with Crippen LogP contribution in [0.5, 0.6) is 0 Å². The summed E-state index contributed by atoms with van der Waals surface area (Å²) >= 11 is 0. The molecule has 0 bridgehead atoms. The van der Waals surface area contributed by atoms with Crippen LogP contribution in [0.4, 0.5) is 0 Å². The molecule has 0 radical (unpaired) electrons. The molecule has 1 aliphatic rings. The molecule has 1 heterocycles. The van der Waals surface area contributed by atoms with Gasteiger partial charge >= 0.3 is 0 Å². The lowest BCUT2D eigenvalue weighted by Gasteiger charge is -2.13. The van der Waals surface area contributed by atoms with Crippen LogP contribution in [0, 0.1) is 5.92 Å². The molecule has 3 rings (SSSR count). The highest BCUT2D eigenvalue weighted by molar-refractivity contribution is 5.79. The van der Waals surface area contributed by atoms with Gasteiger partial charge in [-0.05, 0) is 28.8 Å². The van der Waals surface area contributed by atoms with Crippen molar-refractivity contribution < 1.29 is 0 Å². The van der Waals surface area contributed by atoms with Gasteiger partial charge < -0.3 is 0 Å². The Hall–Kier alpha value is -2.15. The molecule has 0 spiro atoms. The Bertz CT molecular complexity index is 667. The van der Waals surface area contributed by atoms with Crippen molar-refractivity contribution in [2.75, 3.05) is 0 Å². The summed E-state index contributed by atoms with van der Waals surface area (Å²) in [5, 5.41) is 0. The van der Waals surface area contributed by atoms with E-state index < -0.39 is 0 Å². The van der Waals surface area contributed by atoms with Gasteiger partial charge in [0.25, 0.3) is 0 Å². The third-order valence-corrected chi connectivity index (χ3v) is 3.95. The number of nitrogens with zero attached hydrogens (tertiary/aromatic N) is 1. The van der Waals surface area contributed by atoms with Crippen molar-refractivity contribution in [2.45, 2.75) is 19.8 Å². The van der Waals surface area contributed by atoms with E-state index in [0.717, 1.165) is 17.0 Å². The number of benzene rings is 1. The molecule has 0 aliphatic heterocycles. The van der Waals surface area contributed by atoms with Crippen LogP contribution in [0.15, 0.2) is 55.1 Å². The van der Waals surface area contributed by atoms with Gasteiger partial charge in [0.15, 0.2) is 0 Å². The van der Waals surface area contributed by atoms with Crippen molar-refractivity contribution in [2.24, 2.45) is 5.92 Å². The van der Waals surface area contributed by atoms with E-state index in [9.17, 15) is 0 Å². The van der Waals surface area contributed by atoms with Crippen LogP contribution < -0.4 is 0 Å². The predicted molar refractivity (Wildman–Crippen MR) is 85.4 cm³/mol. The standard InChI is InChI=1S/C19H19N/c1-4-15-11-18(14(3)16-8-6-5-7-9-16)20-19(12-15)17-10-13(17)2/h4-14H,1H2,2-3H3. The molecular formula is C19H19N. The van der Waals surface area contributed by atoms with Gasteiger partial charge in [-0.3, -0.25) is 4.98 Å². The van der Waals surface area contributed by atoms with Crippen LogP contribution in [0.1, 0.15) is 42.3 Å². The van der Waals surface area contributed by atoms with E-state index in [1.807, 2.05) is 12.1 Å². The minimum absolute atomic E-state index is 0.296. The van der Waals surface area contributed by atoms with Gasteiger partial charge in [-0.1, -0.05) is 62.9 Å². The Kier molecular flexibility index (Phi) is 3.27. The molecule has 0 N–H and O–H groups in total. The quantitative estimate of drug-likeness (QED) is 0.762. The van der Waals surface area contributed by atoms with Crippen LogP contribution in [-0.4, -0.2) is 4.98 Å². The van der Waals surface area contributed by atoms with Crippen molar-refractivity contribution in [3.05, 3.63) is 77.6 Å². The Morgan fingerprint density at radius 2 is 1.90 bits per heavy atom. The maximum Gasteiger partial charge on any atom is 0.0674 e. The van der Waals surface area contributed by atoms with Gasteiger partial charge in [0.2, 0.25) is 0 Å². The number of hydrogen-bond acceptors (Lipinski definition) is 1. The lowest BCUT2D eigenvalue weighted by atomic mass is 9.95. The summed E-state index contributed by atoms with van der Waals surface area (Å²) in [4.78, 5) is 4.85. The summed E-state index contributed by atoms with van der Waals surface area (Å²) < 4.78 is 0. The van der Waals surface area contributed by atoms with E-state index in [-0.39, 0.29) is 0 Å². The number of hydrogen-bond donors (Lipinski definition) is 0. The molecule has 2 atom stereocenters. The van der Waals surface area contributed by atoms with Crippen molar-refractivity contribution in [3.8, 4) is 0 Å². The van der Waals surface area contributed by atoms with Gasteiger partial charge in [0, 0.05) is 17.5 Å². The van der Waals surface area contributed by atoms with E-state index in [4.69, 9.17) is 4.98 Å². The maximum atomic E-state index is 4.85. The number of pyridine rings is 1. The van der Waals surface area contributed by atoms with E-state index >= 15 is 0 Å². The number of rotatable bonds is 4. The molecule has 2 unspecified atom stereocenters. The second kappa shape index (κ2) is 5.09. The maximum absolute atomic E-state index is 4.85. The number of allylic oxidation sites excluding steroid dienone is 2. The Labute approximate surface area is 120 Å². The molecule has 0 saturated carbocycles. The highest BCUT2D eigenvalue weighted by Crippen LogP contribution is 2.38. The lowest BCUT2D eigenvalue weighted by Crippen LogP contribution is -2.01. The third-order valence-electron chi connectivity index (χ3n) is 3.95. The molecule has 1 nitrogen and oxygen atoms in total. The second-order valence-electron chi connectivity index (χ2n) is 5.46. The molecule has 100 valence electrons. The molecule has 1 aliphatic carbocycles. The Morgan fingerprint density at radius 1 is 1.20 bits per heavy atom. The van der Waals surface area contributed by atoms with Gasteiger partial charge in [-0.2, -0.15) is 0 Å². The average Bonchev–Trinajstić information content (AvgIpc) is 3.24. The summed E-state index contributed by atoms with van der Waals surface area (Å²) in [5.41, 5.74) is 6.02. The van der Waals surface area contributed by atoms with Gasteiger partial charge in [0.05, 0.1) is 5.69 Å². The summed E-state index contributed by atoms with van der Waals surface area (Å²) in [5.74, 6) is 0.868. The topological polar surface area (TPSA) is 12.9 Å². The van der Waals surface area contributed by atoms with Crippen molar-refractivity contribution in [1.29, 1.82) is 0 Å². The van der Waals surface area contributed by atoms with E-state index in [1.54, 1.807) is 0 Å². The first-order chi connectivity index (χ1) is 9.69. The van der Waals surface area contributed by atoms with Crippen LogP contribution >= 0.6 is 0 Å². The predicted octanol–water partition coefficient (Wildman–Crippen LogP) is 4.91. The SMILES string of the molecule is C=Cc1cc(C2=CC2C)nc(C(C)c2ccccc2)c1. The monoisotopic (exact) mass is 261 g/mol. The minimum atomic E-state index is 0.296. The molecule has 1 aromatic carbocycles. The fourth-order valence-corrected chi connectivity index (χ4v) is 2.51. The smallest absolute Gasteiger partial charge is 0.0674 e. The summed E-state index contributed by atoms with van der Waals surface area (Å²) in [6.07, 6.45) is 4.16. The zero-order valence-corrected chi connectivity index (χ0v) is 12.0. The van der Waals surface area contributed by atoms with Crippen molar-refractivity contribution >= 4 is 11.6 Å². The highest BCUT2D eigenvalue weighted by atomic mass is 14.7. The van der Waals surface area contributed by atoms with Crippen LogP contribution in [0.3, 0.4) is 0 Å². The first kappa shape index (κ1) is 12.9. The Morgan fingerprint density at radius 3 is 2.50 bits per heavy atom. The van der Waals surface area contributed by atoms with Gasteiger partial charge in [-0.15, -0.1) is 0 Å². The second-order valence-corrected chi connectivity index (χ2v) is 5.46. The van der Waals surface area contributed by atoms with Crippen molar-refractivity contribution in [1.82, 2.24) is 4.98 Å². The average molecular weight is 261 g/mol. The van der Waals surface area contributed by atoms with Crippen LogP contribution in [-0.2, 0) is 0 Å².